The molecular weight excluding hydrogens is 388 g/mol. The van der Waals surface area contributed by atoms with Gasteiger partial charge in [-0.1, -0.05) is 42.5 Å². The van der Waals surface area contributed by atoms with E-state index in [0.29, 0.717) is 16.9 Å². The quantitative estimate of drug-likeness (QED) is 0.301. The minimum atomic E-state index is -1.22. The van der Waals surface area contributed by atoms with E-state index in [1.165, 1.54) is 18.3 Å². The van der Waals surface area contributed by atoms with Crippen LogP contribution in [0.3, 0.4) is 0 Å². The van der Waals surface area contributed by atoms with Crippen molar-refractivity contribution in [2.75, 3.05) is 0 Å². The highest BCUT2D eigenvalue weighted by Gasteiger charge is 2.49. The highest BCUT2D eigenvalue weighted by Crippen LogP contribution is 2.29. The monoisotopic (exact) mass is 404 g/mol. The maximum absolute atomic E-state index is 12.8. The molecule has 1 aromatic heterocycles. The zero-order valence-electron chi connectivity index (χ0n) is 15.8. The van der Waals surface area contributed by atoms with Gasteiger partial charge in [0.25, 0.3) is 11.6 Å². The van der Waals surface area contributed by atoms with Crippen LogP contribution in [-0.2, 0) is 10.3 Å². The Kier molecular flexibility index (Phi) is 4.63. The molecule has 0 unspecified atom stereocenters. The third kappa shape index (κ3) is 3.32. The first-order valence-corrected chi connectivity index (χ1v) is 8.99. The number of nitrogens with zero attached hydrogens (tertiary/aromatic N) is 3. The summed E-state index contributed by atoms with van der Waals surface area (Å²) in [6, 6.07) is 17.5. The zero-order valence-corrected chi connectivity index (χ0v) is 15.8. The predicted molar refractivity (Wildman–Crippen MR) is 108 cm³/mol. The van der Waals surface area contributed by atoms with Crippen LogP contribution < -0.4 is 5.32 Å². The van der Waals surface area contributed by atoms with Crippen molar-refractivity contribution in [3.63, 3.8) is 0 Å². The summed E-state index contributed by atoms with van der Waals surface area (Å²) in [5.41, 5.74) is -0.103. The van der Waals surface area contributed by atoms with Crippen LogP contribution in [0.5, 0.6) is 0 Å². The van der Waals surface area contributed by atoms with Crippen LogP contribution in [0.1, 0.15) is 18.2 Å². The van der Waals surface area contributed by atoms with Gasteiger partial charge < -0.3 is 9.73 Å². The number of benzene rings is 2. The summed E-state index contributed by atoms with van der Waals surface area (Å²) in [6.07, 6.45) is 1.25. The van der Waals surface area contributed by atoms with Crippen molar-refractivity contribution >= 4 is 23.8 Å². The highest BCUT2D eigenvalue weighted by atomic mass is 16.6. The van der Waals surface area contributed by atoms with Crippen molar-refractivity contribution in [1.82, 2.24) is 10.3 Å². The first-order chi connectivity index (χ1) is 14.4. The molecule has 1 atom stereocenters. The largest absolute Gasteiger partial charge is 0.455 e. The fraction of sp³-hybridized carbons (Fsp3) is 0.0952. The molecule has 0 spiro atoms. The van der Waals surface area contributed by atoms with Crippen molar-refractivity contribution in [3.8, 4) is 11.3 Å². The molecule has 0 saturated carbocycles. The van der Waals surface area contributed by atoms with Crippen molar-refractivity contribution in [3.05, 3.63) is 88.2 Å². The summed E-state index contributed by atoms with van der Waals surface area (Å²) < 4.78 is 5.63. The number of imide groups is 1. The molecule has 1 saturated heterocycles. The first kappa shape index (κ1) is 19.1. The summed E-state index contributed by atoms with van der Waals surface area (Å²) in [5.74, 6) is 0.164. The van der Waals surface area contributed by atoms with E-state index in [0.717, 1.165) is 5.01 Å². The van der Waals surface area contributed by atoms with Crippen LogP contribution in [0.15, 0.2) is 76.2 Å². The van der Waals surface area contributed by atoms with Gasteiger partial charge in [-0.05, 0) is 24.6 Å². The maximum Gasteiger partial charge on any atom is 0.346 e. The van der Waals surface area contributed by atoms with Gasteiger partial charge in [-0.15, -0.1) is 5.01 Å². The van der Waals surface area contributed by atoms with Gasteiger partial charge in [-0.2, -0.15) is 5.10 Å². The zero-order chi connectivity index (χ0) is 21.3. The minimum absolute atomic E-state index is 0.0568. The number of furan rings is 1. The topological polar surface area (TPSA) is 118 Å². The second kappa shape index (κ2) is 7.28. The number of nitrogens with one attached hydrogen (secondary N) is 1. The first-order valence-electron chi connectivity index (χ1n) is 8.99. The Labute approximate surface area is 170 Å². The lowest BCUT2D eigenvalue weighted by Crippen LogP contribution is -2.40. The minimum Gasteiger partial charge on any atom is -0.455 e. The molecule has 2 heterocycles. The Hall–Kier alpha value is -4.27. The molecule has 3 amide bonds. The highest BCUT2D eigenvalue weighted by molar-refractivity contribution is 6.07. The number of hydrogen-bond donors (Lipinski definition) is 1. The SMILES string of the molecule is C[C@]1(c2ccccc2)NC(=O)N(/N=C\c2ccc(-c3cccc([N+](=O)[O-])c3)o2)C1=O. The Bertz CT molecular complexity index is 1170. The molecule has 0 bridgehead atoms. The van der Waals surface area contributed by atoms with Gasteiger partial charge in [0.1, 0.15) is 17.1 Å². The smallest absolute Gasteiger partial charge is 0.346 e. The van der Waals surface area contributed by atoms with Crippen LogP contribution in [0, 0.1) is 10.1 Å². The molecule has 1 N–H and O–H groups in total. The number of hydrazone groups is 1. The Morgan fingerprint density at radius 2 is 1.87 bits per heavy atom. The van der Waals surface area contributed by atoms with Gasteiger partial charge in [0.15, 0.2) is 0 Å². The van der Waals surface area contributed by atoms with Crippen molar-refractivity contribution in [2.24, 2.45) is 5.10 Å². The van der Waals surface area contributed by atoms with Crippen molar-refractivity contribution < 1.29 is 18.9 Å². The molecule has 1 aliphatic heterocycles. The molecule has 4 rings (SSSR count). The van der Waals surface area contributed by atoms with Gasteiger partial charge in [-0.25, -0.2) is 4.79 Å². The number of rotatable bonds is 5. The van der Waals surface area contributed by atoms with Crippen LogP contribution in [0.2, 0.25) is 0 Å². The second-order valence-electron chi connectivity index (χ2n) is 6.79. The summed E-state index contributed by atoms with van der Waals surface area (Å²) in [6.45, 7) is 1.62. The lowest BCUT2D eigenvalue weighted by atomic mass is 9.92. The van der Waals surface area contributed by atoms with Crippen molar-refractivity contribution in [2.45, 2.75) is 12.5 Å². The molecule has 0 aliphatic carbocycles. The third-order valence-electron chi connectivity index (χ3n) is 4.79. The lowest BCUT2D eigenvalue weighted by Gasteiger charge is -2.20. The number of hydrogen-bond acceptors (Lipinski definition) is 6. The average molecular weight is 404 g/mol. The Morgan fingerprint density at radius 3 is 2.60 bits per heavy atom. The summed E-state index contributed by atoms with van der Waals surface area (Å²) in [4.78, 5) is 35.6. The van der Waals surface area contributed by atoms with Gasteiger partial charge in [-0.3, -0.25) is 14.9 Å². The fourth-order valence-electron chi connectivity index (χ4n) is 3.16. The fourth-order valence-corrected chi connectivity index (χ4v) is 3.16. The number of nitro groups is 1. The average Bonchev–Trinajstić information content (AvgIpc) is 3.31. The molecule has 9 heteroatoms. The van der Waals surface area contributed by atoms with Crippen LogP contribution >= 0.6 is 0 Å². The van der Waals surface area contributed by atoms with Crippen LogP contribution in [-0.4, -0.2) is 28.1 Å². The normalized spacial score (nSPS) is 18.8. The molecule has 1 aliphatic rings. The van der Waals surface area contributed by atoms with E-state index in [4.69, 9.17) is 4.42 Å². The van der Waals surface area contributed by atoms with Gasteiger partial charge in [0, 0.05) is 17.7 Å². The van der Waals surface area contributed by atoms with Crippen molar-refractivity contribution in [1.29, 1.82) is 0 Å². The summed E-state index contributed by atoms with van der Waals surface area (Å²) >= 11 is 0. The molecule has 2 aromatic carbocycles. The maximum atomic E-state index is 12.8. The third-order valence-corrected chi connectivity index (χ3v) is 4.79. The molecule has 1 fully saturated rings. The number of urea groups is 1. The van der Waals surface area contributed by atoms with Gasteiger partial charge in [0.2, 0.25) is 0 Å². The van der Waals surface area contributed by atoms with E-state index in [2.05, 4.69) is 10.4 Å². The van der Waals surface area contributed by atoms with Gasteiger partial charge in [0.05, 0.1) is 11.1 Å². The summed E-state index contributed by atoms with van der Waals surface area (Å²) in [5, 5.41) is 18.3. The van der Waals surface area contributed by atoms with E-state index in [1.807, 2.05) is 6.07 Å². The molecule has 3 aromatic rings. The standard InChI is InChI=1S/C21H16N4O5/c1-21(15-7-3-2-4-8-15)19(26)24(20(27)23-21)22-13-17-10-11-18(30-17)14-6-5-9-16(12-14)25(28)29/h2-13H,1H3,(H,23,27)/b22-13-/t21-/m1/s1. The Balaban J connectivity index is 1.55. The van der Waals surface area contributed by atoms with E-state index < -0.39 is 22.4 Å². The van der Waals surface area contributed by atoms with E-state index in [9.17, 15) is 19.7 Å². The van der Waals surface area contributed by atoms with Crippen LogP contribution in [0.25, 0.3) is 11.3 Å². The Morgan fingerprint density at radius 1 is 1.10 bits per heavy atom. The number of carbonyl (C=O) groups is 2. The predicted octanol–water partition coefficient (Wildman–Crippen LogP) is 3.66. The van der Waals surface area contributed by atoms with E-state index >= 15 is 0 Å². The molecule has 150 valence electrons. The summed E-state index contributed by atoms with van der Waals surface area (Å²) in [7, 11) is 0. The number of amides is 3. The molecule has 9 nitrogen and oxygen atoms in total. The number of nitro benzene ring substituents is 1. The van der Waals surface area contributed by atoms with E-state index in [1.54, 1.807) is 55.5 Å². The van der Waals surface area contributed by atoms with Crippen LogP contribution in [0.4, 0.5) is 10.5 Å². The second-order valence-corrected chi connectivity index (χ2v) is 6.79. The number of non-ortho nitro benzene ring substituents is 1. The van der Waals surface area contributed by atoms with E-state index in [-0.39, 0.29) is 11.4 Å². The molecule has 0 radical (unpaired) electrons. The van der Waals surface area contributed by atoms with Gasteiger partial charge >= 0.3 is 6.03 Å². The number of carbonyl (C=O) groups excluding carboxylic acids is 2. The lowest BCUT2D eigenvalue weighted by molar-refractivity contribution is -0.384. The molecule has 30 heavy (non-hydrogen) atoms. The molecular formula is C21H16N4O5.